The molecule has 2 aromatic carbocycles. The van der Waals surface area contributed by atoms with Gasteiger partial charge in [0.15, 0.2) is 5.13 Å². The minimum Gasteiger partial charge on any atom is -0.497 e. The Balaban J connectivity index is 1.28. The second kappa shape index (κ2) is 9.45. The van der Waals surface area contributed by atoms with E-state index in [2.05, 4.69) is 11.8 Å². The van der Waals surface area contributed by atoms with Crippen LogP contribution in [-0.2, 0) is 4.79 Å². The van der Waals surface area contributed by atoms with Crippen LogP contribution < -0.4 is 9.64 Å². The zero-order valence-electron chi connectivity index (χ0n) is 17.1. The quantitative estimate of drug-likeness (QED) is 0.478. The first-order valence-electron chi connectivity index (χ1n) is 9.90. The number of benzene rings is 2. The Hall–Kier alpha value is -1.96. The Kier molecular flexibility index (Phi) is 6.71. The van der Waals surface area contributed by atoms with Crippen molar-refractivity contribution in [3.8, 4) is 5.75 Å². The standard InChI is InChI=1S/C22H24ClN3O2S2/c1-15-3-8-18(23)21-20(15)24-22(30-21)26-12-10-25(11-13-26)19(27)9-14-29-17-6-4-16(28-2)5-7-17/h3-8H,9-14H2,1-2H3. The van der Waals surface area contributed by atoms with Crippen molar-refractivity contribution >= 4 is 56.0 Å². The van der Waals surface area contributed by atoms with Crippen LogP contribution in [0.5, 0.6) is 5.75 Å². The van der Waals surface area contributed by atoms with Gasteiger partial charge in [0.25, 0.3) is 0 Å². The molecule has 3 aromatic rings. The molecule has 30 heavy (non-hydrogen) atoms. The zero-order valence-corrected chi connectivity index (χ0v) is 19.4. The molecule has 0 atom stereocenters. The third-order valence-electron chi connectivity index (χ3n) is 5.23. The number of nitrogens with zero attached hydrogens (tertiary/aromatic N) is 3. The van der Waals surface area contributed by atoms with Crippen molar-refractivity contribution < 1.29 is 9.53 Å². The van der Waals surface area contributed by atoms with Crippen LogP contribution in [0.25, 0.3) is 10.2 Å². The van der Waals surface area contributed by atoms with Crippen molar-refractivity contribution in [2.45, 2.75) is 18.2 Å². The molecule has 0 N–H and O–H groups in total. The number of aromatic nitrogens is 1. The average Bonchev–Trinajstić information content (AvgIpc) is 3.24. The predicted octanol–water partition coefficient (Wildman–Crippen LogP) is 5.10. The van der Waals surface area contributed by atoms with Gasteiger partial charge < -0.3 is 14.5 Å². The number of piperazine rings is 1. The maximum Gasteiger partial charge on any atom is 0.223 e. The van der Waals surface area contributed by atoms with Crippen molar-refractivity contribution in [3.63, 3.8) is 0 Å². The van der Waals surface area contributed by atoms with Crippen LogP contribution in [0.3, 0.4) is 0 Å². The van der Waals surface area contributed by atoms with Crippen LogP contribution in [0.1, 0.15) is 12.0 Å². The van der Waals surface area contributed by atoms with E-state index in [0.717, 1.165) is 68.5 Å². The molecule has 1 aromatic heterocycles. The van der Waals surface area contributed by atoms with Crippen molar-refractivity contribution in [3.05, 3.63) is 47.0 Å². The van der Waals surface area contributed by atoms with E-state index < -0.39 is 0 Å². The number of fused-ring (bicyclic) bond motifs is 1. The van der Waals surface area contributed by atoms with Gasteiger partial charge in [0.1, 0.15) is 5.75 Å². The predicted molar refractivity (Wildman–Crippen MR) is 126 cm³/mol. The van der Waals surface area contributed by atoms with Crippen LogP contribution in [0, 0.1) is 6.92 Å². The van der Waals surface area contributed by atoms with E-state index in [9.17, 15) is 4.79 Å². The molecule has 4 rings (SSSR count). The van der Waals surface area contributed by atoms with E-state index in [1.54, 1.807) is 30.2 Å². The van der Waals surface area contributed by atoms with E-state index >= 15 is 0 Å². The van der Waals surface area contributed by atoms with Crippen molar-refractivity contribution in [2.24, 2.45) is 0 Å². The molecule has 1 aliphatic rings. The van der Waals surface area contributed by atoms with Crippen LogP contribution in [0.15, 0.2) is 41.3 Å². The summed E-state index contributed by atoms with van der Waals surface area (Å²) in [4.78, 5) is 22.8. The Bertz CT molecular complexity index is 992. The van der Waals surface area contributed by atoms with Gasteiger partial charge in [-0.1, -0.05) is 29.0 Å². The lowest BCUT2D eigenvalue weighted by atomic mass is 10.2. The highest BCUT2D eigenvalue weighted by atomic mass is 35.5. The monoisotopic (exact) mass is 461 g/mol. The number of anilines is 1. The maximum absolute atomic E-state index is 12.6. The maximum atomic E-state index is 12.6. The Labute approximate surface area is 190 Å². The number of hydrogen-bond acceptors (Lipinski definition) is 6. The SMILES string of the molecule is COc1ccc(SCCC(=O)N2CCN(c3nc4c(C)ccc(Cl)c4s3)CC2)cc1. The van der Waals surface area contributed by atoms with E-state index in [1.165, 1.54) is 0 Å². The summed E-state index contributed by atoms with van der Waals surface area (Å²) in [6, 6.07) is 11.9. The van der Waals surface area contributed by atoms with E-state index in [0.29, 0.717) is 6.42 Å². The first-order chi connectivity index (χ1) is 14.5. The summed E-state index contributed by atoms with van der Waals surface area (Å²) < 4.78 is 6.22. The van der Waals surface area contributed by atoms with Crippen molar-refractivity contribution in [1.29, 1.82) is 0 Å². The Morgan fingerprint density at radius 2 is 1.90 bits per heavy atom. The number of hydrogen-bond donors (Lipinski definition) is 0. The van der Waals surface area contributed by atoms with Crippen molar-refractivity contribution in [1.82, 2.24) is 9.88 Å². The number of carbonyl (C=O) groups excluding carboxylic acids is 1. The topological polar surface area (TPSA) is 45.7 Å². The molecule has 0 aliphatic carbocycles. The molecule has 0 bridgehead atoms. The molecule has 1 aliphatic heterocycles. The third-order valence-corrected chi connectivity index (χ3v) is 7.82. The van der Waals surface area contributed by atoms with Gasteiger partial charge >= 0.3 is 0 Å². The molecular weight excluding hydrogens is 438 g/mol. The number of carbonyl (C=O) groups is 1. The molecule has 1 amide bonds. The lowest BCUT2D eigenvalue weighted by molar-refractivity contribution is -0.131. The molecule has 0 spiro atoms. The molecule has 0 radical (unpaired) electrons. The molecule has 2 heterocycles. The summed E-state index contributed by atoms with van der Waals surface area (Å²) in [5.74, 6) is 1.85. The van der Waals surface area contributed by atoms with Gasteiger partial charge in [-0.05, 0) is 42.8 Å². The first-order valence-corrected chi connectivity index (χ1v) is 12.1. The largest absolute Gasteiger partial charge is 0.497 e. The van der Waals surface area contributed by atoms with Gasteiger partial charge in [-0.2, -0.15) is 0 Å². The molecular formula is C22H24ClN3O2S2. The minimum atomic E-state index is 0.221. The normalized spacial score (nSPS) is 14.4. The lowest BCUT2D eigenvalue weighted by Crippen LogP contribution is -2.48. The van der Waals surface area contributed by atoms with Gasteiger partial charge in [-0.25, -0.2) is 4.98 Å². The molecule has 1 fully saturated rings. The Morgan fingerprint density at radius 1 is 1.17 bits per heavy atom. The third kappa shape index (κ3) is 4.68. The number of aryl methyl sites for hydroxylation is 1. The molecule has 0 saturated carbocycles. The van der Waals surface area contributed by atoms with E-state index in [1.807, 2.05) is 41.3 Å². The molecule has 158 valence electrons. The Morgan fingerprint density at radius 3 is 2.57 bits per heavy atom. The first kappa shape index (κ1) is 21.3. The summed E-state index contributed by atoms with van der Waals surface area (Å²) in [5, 5.41) is 1.74. The van der Waals surface area contributed by atoms with Gasteiger partial charge in [-0.15, -0.1) is 11.8 Å². The second-order valence-electron chi connectivity index (χ2n) is 7.18. The van der Waals surface area contributed by atoms with Crippen LogP contribution in [-0.4, -0.2) is 54.8 Å². The zero-order chi connectivity index (χ0) is 21.1. The lowest BCUT2D eigenvalue weighted by Gasteiger charge is -2.34. The summed E-state index contributed by atoms with van der Waals surface area (Å²) in [6.45, 7) is 5.12. The van der Waals surface area contributed by atoms with E-state index in [-0.39, 0.29) is 5.91 Å². The number of halogens is 1. The molecule has 1 saturated heterocycles. The highest BCUT2D eigenvalue weighted by Crippen LogP contribution is 2.35. The summed E-state index contributed by atoms with van der Waals surface area (Å²) in [6.07, 6.45) is 0.548. The summed E-state index contributed by atoms with van der Waals surface area (Å²) >= 11 is 9.68. The van der Waals surface area contributed by atoms with Gasteiger partial charge in [0.2, 0.25) is 5.91 Å². The number of rotatable bonds is 6. The van der Waals surface area contributed by atoms with Gasteiger partial charge in [0.05, 0.1) is 22.3 Å². The minimum absolute atomic E-state index is 0.221. The second-order valence-corrected chi connectivity index (χ2v) is 9.73. The number of thiazole rings is 1. The summed E-state index contributed by atoms with van der Waals surface area (Å²) in [7, 11) is 1.66. The smallest absolute Gasteiger partial charge is 0.223 e. The van der Waals surface area contributed by atoms with Crippen molar-refractivity contribution in [2.75, 3.05) is 43.9 Å². The van der Waals surface area contributed by atoms with Gasteiger partial charge in [-0.3, -0.25) is 4.79 Å². The summed E-state index contributed by atoms with van der Waals surface area (Å²) in [5.41, 5.74) is 2.12. The average molecular weight is 462 g/mol. The van der Waals surface area contributed by atoms with Crippen LogP contribution in [0.4, 0.5) is 5.13 Å². The van der Waals surface area contributed by atoms with Crippen LogP contribution in [0.2, 0.25) is 5.02 Å². The fraction of sp³-hybridized carbons (Fsp3) is 0.364. The fourth-order valence-corrected chi connectivity index (χ4v) is 5.67. The van der Waals surface area contributed by atoms with Crippen LogP contribution >= 0.6 is 34.7 Å². The highest BCUT2D eigenvalue weighted by molar-refractivity contribution is 7.99. The fourth-order valence-electron chi connectivity index (χ4n) is 3.46. The number of thioether (sulfide) groups is 1. The molecule has 0 unspecified atom stereocenters. The molecule has 8 heteroatoms. The highest BCUT2D eigenvalue weighted by Gasteiger charge is 2.23. The number of ether oxygens (including phenoxy) is 1. The number of amides is 1. The molecule has 5 nitrogen and oxygen atoms in total. The van der Waals surface area contributed by atoms with Gasteiger partial charge in [0, 0.05) is 43.2 Å². The van der Waals surface area contributed by atoms with E-state index in [4.69, 9.17) is 21.3 Å². The number of methoxy groups -OCH3 is 1.